The Labute approximate surface area is 189 Å². The van der Waals surface area contributed by atoms with Gasteiger partial charge in [-0.05, 0) is 35.8 Å². The quantitative estimate of drug-likeness (QED) is 0.440. The van der Waals surface area contributed by atoms with Gasteiger partial charge in [0.25, 0.3) is 5.91 Å². The number of ether oxygens (including phenoxy) is 3. The van der Waals surface area contributed by atoms with Crippen molar-refractivity contribution in [2.45, 2.75) is 12.5 Å². The third-order valence-electron chi connectivity index (χ3n) is 4.66. The standard InChI is InChI=1S/C22H21NO6S2/c1-27-16-10-14(11-17(28-2)19(16)29-3)12-18-20(24)23(22(30)31-18)15(21(25)26)9-13-7-5-4-6-8-13/h4-8,10-12,15H,9H2,1-3H3,(H,25,26)/p-1/b18-12-/t15-/m0/s1. The van der Waals surface area contributed by atoms with Crippen molar-refractivity contribution in [3.8, 4) is 17.2 Å². The van der Waals surface area contributed by atoms with Gasteiger partial charge in [-0.3, -0.25) is 9.69 Å². The van der Waals surface area contributed by atoms with Gasteiger partial charge in [-0.25, -0.2) is 0 Å². The third kappa shape index (κ3) is 4.83. The largest absolute Gasteiger partial charge is 0.548 e. The van der Waals surface area contributed by atoms with Gasteiger partial charge in [-0.1, -0.05) is 54.3 Å². The normalized spacial score (nSPS) is 15.8. The molecule has 0 aromatic heterocycles. The summed E-state index contributed by atoms with van der Waals surface area (Å²) >= 11 is 6.36. The number of carboxylic acid groups (broad SMARTS) is 1. The van der Waals surface area contributed by atoms with Crippen LogP contribution in [-0.4, -0.2) is 48.5 Å². The van der Waals surface area contributed by atoms with Gasteiger partial charge < -0.3 is 24.1 Å². The SMILES string of the molecule is COc1cc(/C=C2\SC(=S)N([C@@H](Cc3ccccc3)C(=O)[O-])C2=O)cc(OC)c1OC. The highest BCUT2D eigenvalue weighted by molar-refractivity contribution is 8.26. The van der Waals surface area contributed by atoms with E-state index in [4.69, 9.17) is 26.4 Å². The summed E-state index contributed by atoms with van der Waals surface area (Å²) in [4.78, 5) is 26.3. The minimum atomic E-state index is -1.37. The number of amides is 1. The first-order chi connectivity index (χ1) is 14.9. The van der Waals surface area contributed by atoms with Crippen LogP contribution >= 0.6 is 24.0 Å². The molecule has 31 heavy (non-hydrogen) atoms. The second-order valence-electron chi connectivity index (χ2n) is 6.53. The van der Waals surface area contributed by atoms with Gasteiger partial charge in [-0.15, -0.1) is 0 Å². The fourth-order valence-corrected chi connectivity index (χ4v) is 4.56. The average molecular weight is 459 g/mol. The van der Waals surface area contributed by atoms with Crippen LogP contribution in [0.15, 0.2) is 47.4 Å². The summed E-state index contributed by atoms with van der Waals surface area (Å²) in [6.07, 6.45) is 1.70. The number of thiocarbonyl (C=S) groups is 1. The molecule has 1 heterocycles. The fourth-order valence-electron chi connectivity index (χ4n) is 3.20. The van der Waals surface area contributed by atoms with E-state index in [0.717, 1.165) is 22.2 Å². The molecule has 0 N–H and O–H groups in total. The summed E-state index contributed by atoms with van der Waals surface area (Å²) in [6, 6.07) is 11.2. The van der Waals surface area contributed by atoms with E-state index in [0.29, 0.717) is 27.7 Å². The summed E-state index contributed by atoms with van der Waals surface area (Å²) in [6.45, 7) is 0. The third-order valence-corrected chi connectivity index (χ3v) is 5.99. The molecule has 1 amide bonds. The van der Waals surface area contributed by atoms with Crippen LogP contribution in [0.25, 0.3) is 6.08 Å². The summed E-state index contributed by atoms with van der Waals surface area (Å²) in [5.41, 5.74) is 1.38. The van der Waals surface area contributed by atoms with E-state index in [1.165, 1.54) is 21.3 Å². The molecular formula is C22H20NO6S2-. The topological polar surface area (TPSA) is 88.1 Å². The second-order valence-corrected chi connectivity index (χ2v) is 8.21. The van der Waals surface area contributed by atoms with E-state index in [-0.39, 0.29) is 10.7 Å². The van der Waals surface area contributed by atoms with Crippen LogP contribution in [0.4, 0.5) is 0 Å². The number of benzene rings is 2. The van der Waals surface area contributed by atoms with Crippen molar-refractivity contribution >= 4 is 46.3 Å². The summed E-state index contributed by atoms with van der Waals surface area (Å²) in [7, 11) is 4.49. The molecule has 1 saturated heterocycles. The Morgan fingerprint density at radius 2 is 1.74 bits per heavy atom. The summed E-state index contributed by atoms with van der Waals surface area (Å²) < 4.78 is 16.2. The van der Waals surface area contributed by atoms with Crippen molar-refractivity contribution < 1.29 is 28.9 Å². The van der Waals surface area contributed by atoms with Crippen LogP contribution in [-0.2, 0) is 16.0 Å². The molecular weight excluding hydrogens is 438 g/mol. The molecule has 2 aromatic carbocycles. The van der Waals surface area contributed by atoms with Crippen molar-refractivity contribution in [2.24, 2.45) is 0 Å². The minimum absolute atomic E-state index is 0.0904. The number of thioether (sulfide) groups is 1. The molecule has 1 aliphatic rings. The first-order valence-electron chi connectivity index (χ1n) is 9.21. The van der Waals surface area contributed by atoms with Gasteiger partial charge in [0.2, 0.25) is 5.75 Å². The van der Waals surface area contributed by atoms with Gasteiger partial charge in [0.15, 0.2) is 11.5 Å². The van der Waals surface area contributed by atoms with E-state index < -0.39 is 17.9 Å². The van der Waals surface area contributed by atoms with E-state index in [1.807, 2.05) is 6.07 Å². The number of hydrogen-bond acceptors (Lipinski definition) is 8. The number of rotatable bonds is 8. The first-order valence-corrected chi connectivity index (χ1v) is 10.4. The number of carbonyl (C=O) groups excluding carboxylic acids is 2. The molecule has 162 valence electrons. The molecule has 0 aliphatic carbocycles. The zero-order valence-corrected chi connectivity index (χ0v) is 18.7. The fraction of sp³-hybridized carbons (Fsp3) is 0.227. The van der Waals surface area contributed by atoms with Crippen LogP contribution in [0.1, 0.15) is 11.1 Å². The lowest BCUT2D eigenvalue weighted by Crippen LogP contribution is -2.51. The second kappa shape index (κ2) is 9.84. The van der Waals surface area contributed by atoms with Crippen LogP contribution in [0, 0.1) is 0 Å². The molecule has 1 fully saturated rings. The number of carboxylic acids is 1. The molecule has 9 heteroatoms. The monoisotopic (exact) mass is 458 g/mol. The Morgan fingerprint density at radius 3 is 2.26 bits per heavy atom. The number of methoxy groups -OCH3 is 3. The van der Waals surface area contributed by atoms with Crippen molar-refractivity contribution in [1.82, 2.24) is 4.90 Å². The number of hydrogen-bond donors (Lipinski definition) is 0. The highest BCUT2D eigenvalue weighted by atomic mass is 32.2. The predicted molar refractivity (Wildman–Crippen MR) is 120 cm³/mol. The van der Waals surface area contributed by atoms with E-state index in [9.17, 15) is 14.7 Å². The van der Waals surface area contributed by atoms with Gasteiger partial charge in [-0.2, -0.15) is 0 Å². The Balaban J connectivity index is 1.93. The molecule has 0 bridgehead atoms. The Hall–Kier alpha value is -3.04. The zero-order chi connectivity index (χ0) is 22.5. The lowest BCUT2D eigenvalue weighted by molar-refractivity contribution is -0.310. The van der Waals surface area contributed by atoms with Gasteiger partial charge >= 0.3 is 0 Å². The Bertz CT molecular complexity index is 1010. The van der Waals surface area contributed by atoms with Crippen LogP contribution in [0.5, 0.6) is 17.2 Å². The van der Waals surface area contributed by atoms with E-state index in [2.05, 4.69) is 0 Å². The van der Waals surface area contributed by atoms with Crippen LogP contribution in [0.2, 0.25) is 0 Å². The molecule has 0 saturated carbocycles. The maximum Gasteiger partial charge on any atom is 0.266 e. The van der Waals surface area contributed by atoms with E-state index >= 15 is 0 Å². The summed E-state index contributed by atoms with van der Waals surface area (Å²) in [5.74, 6) is -0.571. The Kier molecular flexibility index (Phi) is 7.19. The van der Waals surface area contributed by atoms with Crippen molar-refractivity contribution in [3.05, 3.63) is 58.5 Å². The first kappa shape index (κ1) is 22.6. The van der Waals surface area contributed by atoms with Crippen molar-refractivity contribution in [1.29, 1.82) is 0 Å². The summed E-state index contributed by atoms with van der Waals surface area (Å²) in [5, 5.41) is 11.8. The van der Waals surface area contributed by atoms with Crippen molar-refractivity contribution in [2.75, 3.05) is 21.3 Å². The zero-order valence-electron chi connectivity index (χ0n) is 17.1. The molecule has 1 aliphatic heterocycles. The van der Waals surface area contributed by atoms with Crippen LogP contribution in [0.3, 0.4) is 0 Å². The Morgan fingerprint density at radius 1 is 1.13 bits per heavy atom. The molecule has 3 rings (SSSR count). The molecule has 0 radical (unpaired) electrons. The van der Waals surface area contributed by atoms with Gasteiger partial charge in [0, 0.05) is 0 Å². The number of nitrogens with zero attached hydrogens (tertiary/aromatic N) is 1. The average Bonchev–Trinajstić information content (AvgIpc) is 3.04. The molecule has 7 nitrogen and oxygen atoms in total. The smallest absolute Gasteiger partial charge is 0.266 e. The molecule has 0 spiro atoms. The lowest BCUT2D eigenvalue weighted by atomic mass is 10.0. The van der Waals surface area contributed by atoms with E-state index in [1.54, 1.807) is 42.5 Å². The molecule has 2 aromatic rings. The van der Waals surface area contributed by atoms with Crippen LogP contribution < -0.4 is 19.3 Å². The van der Waals surface area contributed by atoms with Crippen molar-refractivity contribution in [3.63, 3.8) is 0 Å². The number of carbonyl (C=O) groups is 2. The minimum Gasteiger partial charge on any atom is -0.548 e. The maximum absolute atomic E-state index is 13.1. The lowest BCUT2D eigenvalue weighted by Gasteiger charge is -2.27. The highest BCUT2D eigenvalue weighted by Gasteiger charge is 2.38. The molecule has 1 atom stereocenters. The van der Waals surface area contributed by atoms with Gasteiger partial charge in [0.05, 0.1) is 38.2 Å². The highest BCUT2D eigenvalue weighted by Crippen LogP contribution is 2.40. The number of aliphatic carboxylic acids is 1. The maximum atomic E-state index is 13.1. The molecule has 0 unspecified atom stereocenters. The van der Waals surface area contributed by atoms with Gasteiger partial charge in [0.1, 0.15) is 4.32 Å². The predicted octanol–water partition coefficient (Wildman–Crippen LogP) is 2.27.